The van der Waals surface area contributed by atoms with E-state index in [9.17, 15) is 0 Å². The Labute approximate surface area is 288 Å². The van der Waals surface area contributed by atoms with Gasteiger partial charge in [-0.05, 0) is 115 Å². The van der Waals surface area contributed by atoms with Crippen LogP contribution in [0.3, 0.4) is 0 Å². The number of hydrogen-bond acceptors (Lipinski definition) is 6. The van der Waals surface area contributed by atoms with E-state index in [1.54, 1.807) is 11.8 Å². The zero-order chi connectivity index (χ0) is 30.8. The van der Waals surface area contributed by atoms with Gasteiger partial charge in [-0.2, -0.15) is 0 Å². The number of halogens is 3. The Morgan fingerprint density at radius 1 is 0.636 bits per heavy atom. The lowest BCUT2D eigenvalue weighted by Crippen LogP contribution is -2.25. The second-order valence-corrected chi connectivity index (χ2v) is 14.1. The van der Waals surface area contributed by atoms with Crippen LogP contribution in [0.1, 0.15) is 20.3 Å². The third-order valence-electron chi connectivity index (χ3n) is 6.63. The van der Waals surface area contributed by atoms with E-state index < -0.39 is 0 Å². The molecule has 9 heteroatoms. The Hall–Kier alpha value is -2.03. The first kappa shape index (κ1) is 36.4. The number of nitrogens with one attached hydrogen (secondary N) is 1. The predicted octanol–water partition coefficient (Wildman–Crippen LogP) is 11.3. The summed E-state index contributed by atoms with van der Waals surface area (Å²) in [5.41, 5.74) is 4.75. The fraction of sp³-hybridized carbons (Fsp3) is 0.314. The molecule has 6 rings (SSSR count). The summed E-state index contributed by atoms with van der Waals surface area (Å²) in [5.74, 6) is 0.776. The van der Waals surface area contributed by atoms with Crippen LogP contribution >= 0.6 is 58.3 Å². The summed E-state index contributed by atoms with van der Waals surface area (Å²) < 4.78 is 0. The molecule has 1 N–H and O–H groups in total. The molecular formula is C35H43Cl3N4S2. The van der Waals surface area contributed by atoms with Gasteiger partial charge in [0, 0.05) is 42.1 Å². The van der Waals surface area contributed by atoms with Crippen LogP contribution in [0.5, 0.6) is 0 Å². The topological polar surface area (TPSA) is 21.8 Å². The third-order valence-corrected chi connectivity index (χ3v) is 9.65. The molecule has 0 saturated carbocycles. The Balaban J connectivity index is 0.000000201. The summed E-state index contributed by atoms with van der Waals surface area (Å²) in [7, 11) is 8.33. The SMILES string of the molecule is C.CN(C)CCCCl.CN(C)CCCN1c2ccccc2Sc2ccc(Cl)cc21.Clc1ccc2c(c1)Nc1ccccc1S2. The van der Waals surface area contributed by atoms with Gasteiger partial charge in [0.05, 0.1) is 22.7 Å². The predicted molar refractivity (Wildman–Crippen MR) is 198 cm³/mol. The molecule has 44 heavy (non-hydrogen) atoms. The molecule has 0 spiro atoms. The molecule has 0 unspecified atom stereocenters. The average molecular weight is 690 g/mol. The van der Waals surface area contributed by atoms with Gasteiger partial charge in [-0.15, -0.1) is 11.6 Å². The van der Waals surface area contributed by atoms with Crippen LogP contribution in [0.4, 0.5) is 22.7 Å². The van der Waals surface area contributed by atoms with Crippen molar-refractivity contribution in [2.75, 3.05) is 63.9 Å². The van der Waals surface area contributed by atoms with Crippen molar-refractivity contribution >= 4 is 81.1 Å². The van der Waals surface area contributed by atoms with Crippen molar-refractivity contribution in [1.29, 1.82) is 0 Å². The van der Waals surface area contributed by atoms with Gasteiger partial charge in [0.15, 0.2) is 0 Å². The maximum atomic E-state index is 6.21. The number of fused-ring (bicyclic) bond motifs is 4. The summed E-state index contributed by atoms with van der Waals surface area (Å²) >= 11 is 21.2. The highest BCUT2D eigenvalue weighted by Crippen LogP contribution is 2.48. The highest BCUT2D eigenvalue weighted by Gasteiger charge is 2.23. The third kappa shape index (κ3) is 10.5. The summed E-state index contributed by atoms with van der Waals surface area (Å²) in [6, 6.07) is 29.0. The van der Waals surface area contributed by atoms with Crippen molar-refractivity contribution in [3.63, 3.8) is 0 Å². The minimum atomic E-state index is 0. The standard InChI is InChI=1S/C17H19ClN2S.C12H8ClNS.C5H12ClN.CH4/c1-19(2)10-5-11-20-14-6-3-4-7-16(14)21-17-9-8-13(18)12-15(17)20;13-8-5-6-12-10(7-8)14-9-3-1-2-4-11(9)15-12;1-7(2)5-3-4-6;/h3-4,6-9,12H,5,10-11H2,1-2H3;1-7,14H;3-5H2,1-2H3;1H4. The Kier molecular flexibility index (Phi) is 15.1. The molecule has 0 saturated heterocycles. The van der Waals surface area contributed by atoms with E-state index in [-0.39, 0.29) is 7.43 Å². The molecule has 0 fully saturated rings. The van der Waals surface area contributed by atoms with Crippen molar-refractivity contribution < 1.29 is 0 Å². The van der Waals surface area contributed by atoms with E-state index in [0.717, 1.165) is 59.8 Å². The van der Waals surface area contributed by atoms with Crippen molar-refractivity contribution in [2.45, 2.75) is 39.9 Å². The summed E-state index contributed by atoms with van der Waals surface area (Å²) in [6.45, 7) is 3.19. The van der Waals surface area contributed by atoms with E-state index in [2.05, 4.69) is 88.7 Å². The van der Waals surface area contributed by atoms with E-state index in [0.29, 0.717) is 0 Å². The Morgan fingerprint density at radius 2 is 1.18 bits per heavy atom. The normalized spacial score (nSPS) is 12.2. The average Bonchev–Trinajstić information content (AvgIpc) is 2.99. The number of benzene rings is 4. The molecular weight excluding hydrogens is 647 g/mol. The number of rotatable bonds is 7. The molecule has 0 amide bonds. The van der Waals surface area contributed by atoms with Crippen LogP contribution in [-0.4, -0.2) is 63.5 Å². The van der Waals surface area contributed by atoms with E-state index >= 15 is 0 Å². The summed E-state index contributed by atoms with van der Waals surface area (Å²) in [4.78, 5) is 11.8. The van der Waals surface area contributed by atoms with Gasteiger partial charge in [0.25, 0.3) is 0 Å². The first-order valence-corrected chi connectivity index (χ1v) is 17.2. The molecule has 0 radical (unpaired) electrons. The monoisotopic (exact) mass is 688 g/mol. The van der Waals surface area contributed by atoms with Crippen LogP contribution in [0.15, 0.2) is 105 Å². The van der Waals surface area contributed by atoms with Gasteiger partial charge in [-0.1, -0.05) is 78.4 Å². The van der Waals surface area contributed by atoms with Crippen molar-refractivity contribution in [3.05, 3.63) is 95.0 Å². The van der Waals surface area contributed by atoms with E-state index in [1.165, 1.54) is 31.0 Å². The lowest BCUT2D eigenvalue weighted by Gasteiger charge is -2.33. The summed E-state index contributed by atoms with van der Waals surface area (Å²) in [5, 5.41) is 4.94. The molecule has 2 heterocycles. The maximum absolute atomic E-state index is 6.21. The molecule has 2 aliphatic rings. The van der Waals surface area contributed by atoms with Crippen molar-refractivity contribution in [3.8, 4) is 0 Å². The van der Waals surface area contributed by atoms with Crippen LogP contribution in [-0.2, 0) is 0 Å². The van der Waals surface area contributed by atoms with Gasteiger partial charge in [0.2, 0.25) is 0 Å². The van der Waals surface area contributed by atoms with Crippen LogP contribution in [0.25, 0.3) is 0 Å². The molecule has 4 nitrogen and oxygen atoms in total. The van der Waals surface area contributed by atoms with Gasteiger partial charge in [-0.25, -0.2) is 0 Å². The fourth-order valence-corrected chi connectivity index (χ4v) is 7.08. The lowest BCUT2D eigenvalue weighted by molar-refractivity contribution is 0.402. The van der Waals surface area contributed by atoms with E-state index in [1.807, 2.05) is 56.2 Å². The quantitative estimate of drug-likeness (QED) is 0.171. The smallest absolute Gasteiger partial charge is 0.0567 e. The number of anilines is 4. The largest absolute Gasteiger partial charge is 0.354 e. The maximum Gasteiger partial charge on any atom is 0.0567 e. The number of para-hydroxylation sites is 2. The summed E-state index contributed by atoms with van der Waals surface area (Å²) in [6.07, 6.45) is 2.21. The zero-order valence-electron chi connectivity index (χ0n) is 25.1. The van der Waals surface area contributed by atoms with Crippen LogP contribution in [0, 0.1) is 0 Å². The lowest BCUT2D eigenvalue weighted by atomic mass is 10.2. The van der Waals surface area contributed by atoms with E-state index in [4.69, 9.17) is 34.8 Å². The fourth-order valence-electron chi connectivity index (χ4n) is 4.58. The first-order chi connectivity index (χ1) is 20.7. The molecule has 0 aliphatic carbocycles. The van der Waals surface area contributed by atoms with Gasteiger partial charge >= 0.3 is 0 Å². The van der Waals surface area contributed by atoms with Crippen molar-refractivity contribution in [1.82, 2.24) is 9.80 Å². The van der Waals surface area contributed by atoms with Gasteiger partial charge < -0.3 is 20.0 Å². The molecule has 0 bridgehead atoms. The minimum Gasteiger partial charge on any atom is -0.354 e. The first-order valence-electron chi connectivity index (χ1n) is 14.3. The Bertz CT molecular complexity index is 1480. The Morgan fingerprint density at radius 3 is 1.86 bits per heavy atom. The minimum absolute atomic E-state index is 0. The second kappa shape index (κ2) is 18.2. The molecule has 0 atom stereocenters. The highest BCUT2D eigenvalue weighted by molar-refractivity contribution is 8.00. The number of nitrogens with zero attached hydrogens (tertiary/aromatic N) is 3. The van der Waals surface area contributed by atoms with Crippen LogP contribution < -0.4 is 10.2 Å². The van der Waals surface area contributed by atoms with Crippen molar-refractivity contribution in [2.24, 2.45) is 0 Å². The second-order valence-electron chi connectivity index (χ2n) is 10.7. The number of hydrogen-bond donors (Lipinski definition) is 1. The molecule has 236 valence electrons. The van der Waals surface area contributed by atoms with Crippen LogP contribution in [0.2, 0.25) is 10.0 Å². The molecule has 0 aromatic heterocycles. The van der Waals surface area contributed by atoms with Gasteiger partial charge in [0.1, 0.15) is 0 Å². The number of alkyl halides is 1. The molecule has 4 aromatic carbocycles. The van der Waals surface area contributed by atoms with Gasteiger partial charge in [-0.3, -0.25) is 0 Å². The molecule has 4 aromatic rings. The zero-order valence-corrected chi connectivity index (χ0v) is 29.0. The molecule has 2 aliphatic heterocycles. The highest BCUT2D eigenvalue weighted by atomic mass is 35.5.